The van der Waals surface area contributed by atoms with Gasteiger partial charge in [0.1, 0.15) is 16.7 Å². The molecule has 2 rings (SSSR count). The number of methoxy groups -OCH3 is 1. The lowest BCUT2D eigenvalue weighted by molar-refractivity contribution is -0.123. The maximum absolute atomic E-state index is 13.0. The van der Waals surface area contributed by atoms with Gasteiger partial charge in [-0.25, -0.2) is 8.42 Å². The van der Waals surface area contributed by atoms with Crippen LogP contribution in [0.3, 0.4) is 0 Å². The van der Waals surface area contributed by atoms with Crippen molar-refractivity contribution in [3.8, 4) is 5.75 Å². The minimum atomic E-state index is -3.99. The summed E-state index contributed by atoms with van der Waals surface area (Å²) in [5.74, 6) is -0.194. The van der Waals surface area contributed by atoms with Gasteiger partial charge in [0.05, 0.1) is 7.11 Å². The molecule has 0 unspecified atom stereocenters. The first-order valence-corrected chi connectivity index (χ1v) is 9.75. The highest BCUT2D eigenvalue weighted by atomic mass is 32.2. The summed E-state index contributed by atoms with van der Waals surface area (Å²) in [6, 6.07) is 12.4. The lowest BCUT2D eigenvalue weighted by Crippen LogP contribution is -2.42. The second-order valence-electron chi connectivity index (χ2n) is 6.28. The molecule has 0 saturated carbocycles. The third-order valence-corrected chi connectivity index (χ3v) is 5.15. The molecule has 0 aliphatic rings. The number of ether oxygens (including phenoxy) is 1. The van der Waals surface area contributed by atoms with Crippen molar-refractivity contribution in [1.29, 1.82) is 0 Å². The SMILES string of the molecule is COc1ccc(C)cc1S(=O)(=O)N[C@H](C(=O)NC(C)C)c1ccccc1. The Labute approximate surface area is 154 Å². The van der Waals surface area contributed by atoms with E-state index in [9.17, 15) is 13.2 Å². The van der Waals surface area contributed by atoms with Crippen LogP contribution in [0.4, 0.5) is 0 Å². The zero-order valence-electron chi connectivity index (χ0n) is 15.3. The van der Waals surface area contributed by atoms with Crippen molar-refractivity contribution >= 4 is 15.9 Å². The molecular weight excluding hydrogens is 352 g/mol. The van der Waals surface area contributed by atoms with Crippen molar-refractivity contribution in [2.75, 3.05) is 7.11 Å². The molecule has 0 fully saturated rings. The van der Waals surface area contributed by atoms with E-state index in [4.69, 9.17) is 4.74 Å². The largest absolute Gasteiger partial charge is 0.495 e. The lowest BCUT2D eigenvalue weighted by Gasteiger charge is -2.21. The number of nitrogens with one attached hydrogen (secondary N) is 2. The summed E-state index contributed by atoms with van der Waals surface area (Å²) in [6.07, 6.45) is 0. The molecular formula is C19H24N2O4S. The van der Waals surface area contributed by atoms with E-state index in [1.54, 1.807) is 49.4 Å². The van der Waals surface area contributed by atoms with E-state index in [2.05, 4.69) is 10.0 Å². The topological polar surface area (TPSA) is 84.5 Å². The van der Waals surface area contributed by atoms with Crippen molar-refractivity contribution in [1.82, 2.24) is 10.0 Å². The van der Waals surface area contributed by atoms with E-state index in [-0.39, 0.29) is 16.7 Å². The molecule has 0 aliphatic heterocycles. The standard InChI is InChI=1S/C19H24N2O4S/c1-13(2)20-19(22)18(15-8-6-5-7-9-15)21-26(23,24)17-12-14(3)10-11-16(17)25-4/h5-13,18,21H,1-4H3,(H,20,22)/t18-/m0/s1. The highest BCUT2D eigenvalue weighted by molar-refractivity contribution is 7.89. The van der Waals surface area contributed by atoms with Gasteiger partial charge in [-0.05, 0) is 44.0 Å². The van der Waals surface area contributed by atoms with Crippen LogP contribution in [0.25, 0.3) is 0 Å². The van der Waals surface area contributed by atoms with Gasteiger partial charge < -0.3 is 10.1 Å². The summed E-state index contributed by atoms with van der Waals surface area (Å²) in [6.45, 7) is 5.43. The van der Waals surface area contributed by atoms with E-state index in [0.29, 0.717) is 5.56 Å². The Balaban J connectivity index is 2.44. The number of amides is 1. The molecule has 1 amide bonds. The highest BCUT2D eigenvalue weighted by Gasteiger charge is 2.29. The molecule has 2 aromatic carbocycles. The van der Waals surface area contributed by atoms with Gasteiger partial charge in [-0.3, -0.25) is 4.79 Å². The molecule has 0 heterocycles. The quantitative estimate of drug-likeness (QED) is 0.778. The van der Waals surface area contributed by atoms with Crippen LogP contribution >= 0.6 is 0 Å². The number of benzene rings is 2. The van der Waals surface area contributed by atoms with E-state index in [1.165, 1.54) is 13.2 Å². The second kappa shape index (κ2) is 8.33. The Bertz CT molecular complexity index is 864. The molecule has 0 radical (unpaired) electrons. The van der Waals surface area contributed by atoms with Gasteiger partial charge in [-0.1, -0.05) is 36.4 Å². The van der Waals surface area contributed by atoms with E-state index in [1.807, 2.05) is 13.8 Å². The normalized spacial score (nSPS) is 12.7. The number of hydrogen-bond donors (Lipinski definition) is 2. The Morgan fingerprint density at radius 1 is 1.08 bits per heavy atom. The maximum atomic E-state index is 13.0. The fraction of sp³-hybridized carbons (Fsp3) is 0.316. The van der Waals surface area contributed by atoms with Crippen LogP contribution in [-0.2, 0) is 14.8 Å². The summed E-state index contributed by atoms with van der Waals surface area (Å²) in [4.78, 5) is 12.6. The number of aryl methyl sites for hydroxylation is 1. The molecule has 0 saturated heterocycles. The summed E-state index contributed by atoms with van der Waals surface area (Å²) < 4.78 is 33.6. The Morgan fingerprint density at radius 2 is 1.73 bits per heavy atom. The summed E-state index contributed by atoms with van der Waals surface area (Å²) in [5, 5.41) is 2.76. The van der Waals surface area contributed by atoms with Crippen LogP contribution in [0.5, 0.6) is 5.75 Å². The maximum Gasteiger partial charge on any atom is 0.245 e. The number of rotatable bonds is 7. The summed E-state index contributed by atoms with van der Waals surface area (Å²) >= 11 is 0. The lowest BCUT2D eigenvalue weighted by atomic mass is 10.1. The van der Waals surface area contributed by atoms with Gasteiger partial charge in [0.2, 0.25) is 15.9 Å². The minimum absolute atomic E-state index is 0.00159. The first-order valence-electron chi connectivity index (χ1n) is 8.27. The predicted octanol–water partition coefficient (Wildman–Crippen LogP) is 2.55. The molecule has 7 heteroatoms. The first kappa shape index (κ1) is 19.9. The molecule has 0 aromatic heterocycles. The van der Waals surface area contributed by atoms with Gasteiger partial charge in [-0.2, -0.15) is 4.72 Å². The molecule has 0 bridgehead atoms. The van der Waals surface area contributed by atoms with Crippen molar-refractivity contribution < 1.29 is 17.9 Å². The van der Waals surface area contributed by atoms with Crippen molar-refractivity contribution in [3.05, 3.63) is 59.7 Å². The Kier molecular flexibility index (Phi) is 6.39. The number of carbonyl (C=O) groups is 1. The van der Waals surface area contributed by atoms with Crippen molar-refractivity contribution in [3.63, 3.8) is 0 Å². The van der Waals surface area contributed by atoms with Crippen LogP contribution in [0.1, 0.15) is 31.0 Å². The second-order valence-corrected chi connectivity index (χ2v) is 7.96. The van der Waals surface area contributed by atoms with Crippen LogP contribution in [0, 0.1) is 6.92 Å². The molecule has 0 aliphatic carbocycles. The zero-order chi connectivity index (χ0) is 19.3. The Morgan fingerprint density at radius 3 is 2.31 bits per heavy atom. The fourth-order valence-corrected chi connectivity index (χ4v) is 3.94. The number of sulfonamides is 1. The molecule has 2 aromatic rings. The summed E-state index contributed by atoms with van der Waals surface area (Å²) in [7, 11) is -2.58. The number of hydrogen-bond acceptors (Lipinski definition) is 4. The van der Waals surface area contributed by atoms with E-state index in [0.717, 1.165) is 5.56 Å². The molecule has 2 N–H and O–H groups in total. The smallest absolute Gasteiger partial charge is 0.245 e. The molecule has 26 heavy (non-hydrogen) atoms. The van der Waals surface area contributed by atoms with Crippen molar-refractivity contribution in [2.24, 2.45) is 0 Å². The molecule has 6 nitrogen and oxygen atoms in total. The number of carbonyl (C=O) groups excluding carboxylic acids is 1. The van der Waals surface area contributed by atoms with E-state index < -0.39 is 22.0 Å². The Hall–Kier alpha value is -2.38. The van der Waals surface area contributed by atoms with Gasteiger partial charge in [-0.15, -0.1) is 0 Å². The average molecular weight is 376 g/mol. The van der Waals surface area contributed by atoms with Crippen LogP contribution in [0.2, 0.25) is 0 Å². The molecule has 0 spiro atoms. The monoisotopic (exact) mass is 376 g/mol. The van der Waals surface area contributed by atoms with Crippen LogP contribution < -0.4 is 14.8 Å². The van der Waals surface area contributed by atoms with Crippen molar-refractivity contribution in [2.45, 2.75) is 37.8 Å². The van der Waals surface area contributed by atoms with Gasteiger partial charge in [0.25, 0.3) is 0 Å². The highest BCUT2D eigenvalue weighted by Crippen LogP contribution is 2.26. The molecule has 1 atom stereocenters. The molecule has 140 valence electrons. The van der Waals surface area contributed by atoms with Crippen LogP contribution in [-0.4, -0.2) is 27.5 Å². The van der Waals surface area contributed by atoms with E-state index >= 15 is 0 Å². The van der Waals surface area contributed by atoms with Gasteiger partial charge in [0.15, 0.2) is 0 Å². The fourth-order valence-electron chi connectivity index (χ4n) is 2.50. The third-order valence-electron chi connectivity index (χ3n) is 3.71. The van der Waals surface area contributed by atoms with Gasteiger partial charge >= 0.3 is 0 Å². The predicted molar refractivity (Wildman–Crippen MR) is 101 cm³/mol. The van der Waals surface area contributed by atoms with Crippen LogP contribution in [0.15, 0.2) is 53.4 Å². The third kappa shape index (κ3) is 4.83. The minimum Gasteiger partial charge on any atom is -0.495 e. The zero-order valence-corrected chi connectivity index (χ0v) is 16.1. The van der Waals surface area contributed by atoms with Gasteiger partial charge in [0, 0.05) is 6.04 Å². The average Bonchev–Trinajstić information content (AvgIpc) is 2.60. The first-order chi connectivity index (χ1) is 12.2. The summed E-state index contributed by atoms with van der Waals surface area (Å²) in [5.41, 5.74) is 1.33.